The van der Waals surface area contributed by atoms with Gasteiger partial charge in [0.15, 0.2) is 0 Å². The van der Waals surface area contributed by atoms with E-state index in [2.05, 4.69) is 72.6 Å². The summed E-state index contributed by atoms with van der Waals surface area (Å²) in [7, 11) is 6.39. The predicted molar refractivity (Wildman–Crippen MR) is 81.0 cm³/mol. The van der Waals surface area contributed by atoms with Crippen LogP contribution in [-0.4, -0.2) is 37.6 Å². The van der Waals surface area contributed by atoms with E-state index in [1.54, 1.807) is 0 Å². The molecule has 0 spiro atoms. The highest BCUT2D eigenvalue weighted by molar-refractivity contribution is 9.10. The van der Waals surface area contributed by atoms with Crippen LogP contribution in [0, 0.1) is 0 Å². The number of hydrogen-bond donors (Lipinski definition) is 1. The molecule has 4 heteroatoms. The van der Waals surface area contributed by atoms with Gasteiger partial charge in [-0.3, -0.25) is 0 Å². The molecular formula is C13H23BrN2S. The summed E-state index contributed by atoms with van der Waals surface area (Å²) in [5.41, 5.74) is 0.179. The summed E-state index contributed by atoms with van der Waals surface area (Å²) in [6, 6.07) is 2.59. The maximum absolute atomic E-state index is 3.62. The van der Waals surface area contributed by atoms with Crippen LogP contribution < -0.4 is 5.32 Å². The zero-order chi connectivity index (χ0) is 13.1. The third kappa shape index (κ3) is 3.31. The molecule has 0 saturated carbocycles. The Balaban J connectivity index is 2.88. The quantitative estimate of drug-likeness (QED) is 0.865. The molecule has 1 rings (SSSR count). The lowest BCUT2D eigenvalue weighted by Crippen LogP contribution is -2.56. The van der Waals surface area contributed by atoms with Gasteiger partial charge < -0.3 is 10.2 Å². The first kappa shape index (κ1) is 15.2. The third-order valence-corrected chi connectivity index (χ3v) is 5.87. The van der Waals surface area contributed by atoms with Gasteiger partial charge >= 0.3 is 0 Å². The smallest absolute Gasteiger partial charge is 0.0329 e. The third-order valence-electron chi connectivity index (χ3n) is 3.92. The van der Waals surface area contributed by atoms with Crippen molar-refractivity contribution in [2.24, 2.45) is 0 Å². The van der Waals surface area contributed by atoms with Gasteiger partial charge in [0.25, 0.3) is 0 Å². The number of likely N-dealkylation sites (N-methyl/N-ethyl adjacent to an activating group) is 2. The van der Waals surface area contributed by atoms with E-state index in [1.165, 1.54) is 9.35 Å². The molecule has 0 radical (unpaired) electrons. The molecule has 0 saturated heterocycles. The molecule has 0 aliphatic carbocycles. The molecule has 0 aromatic carbocycles. The molecular weight excluding hydrogens is 296 g/mol. The lowest BCUT2D eigenvalue weighted by Gasteiger charge is -2.42. The van der Waals surface area contributed by atoms with Crippen molar-refractivity contribution in [3.05, 3.63) is 20.8 Å². The zero-order valence-corrected chi connectivity index (χ0v) is 13.8. The van der Waals surface area contributed by atoms with Crippen molar-refractivity contribution in [1.82, 2.24) is 10.2 Å². The van der Waals surface area contributed by atoms with Crippen molar-refractivity contribution in [1.29, 1.82) is 0 Å². The van der Waals surface area contributed by atoms with Crippen molar-refractivity contribution in [3.8, 4) is 0 Å². The number of nitrogens with one attached hydrogen (secondary N) is 1. The van der Waals surface area contributed by atoms with Crippen molar-refractivity contribution in [2.45, 2.75) is 38.3 Å². The molecule has 0 aliphatic rings. The molecule has 1 aromatic rings. The molecule has 98 valence electrons. The van der Waals surface area contributed by atoms with Crippen LogP contribution in [-0.2, 0) is 6.42 Å². The van der Waals surface area contributed by atoms with E-state index in [0.29, 0.717) is 6.04 Å². The van der Waals surface area contributed by atoms with E-state index in [1.807, 2.05) is 11.3 Å². The number of rotatable bonds is 6. The van der Waals surface area contributed by atoms with E-state index in [0.717, 1.165) is 12.8 Å². The highest BCUT2D eigenvalue weighted by atomic mass is 79.9. The summed E-state index contributed by atoms with van der Waals surface area (Å²) >= 11 is 5.44. The van der Waals surface area contributed by atoms with Crippen LogP contribution >= 0.6 is 27.3 Å². The second-order valence-corrected chi connectivity index (χ2v) is 6.70. The summed E-state index contributed by atoms with van der Waals surface area (Å²) in [5, 5.41) is 5.63. The second kappa shape index (κ2) is 6.32. The molecule has 2 unspecified atom stereocenters. The fourth-order valence-electron chi connectivity index (χ4n) is 2.16. The highest BCUT2D eigenvalue weighted by Gasteiger charge is 2.34. The van der Waals surface area contributed by atoms with Crippen LogP contribution in [0.25, 0.3) is 0 Å². The van der Waals surface area contributed by atoms with Crippen molar-refractivity contribution in [2.75, 3.05) is 21.1 Å². The SMILES string of the molecule is CCC(C)(C(Cc1sccc1Br)NC)N(C)C. The van der Waals surface area contributed by atoms with Crippen molar-refractivity contribution in [3.63, 3.8) is 0 Å². The number of hydrogen-bond acceptors (Lipinski definition) is 3. The van der Waals surface area contributed by atoms with Gasteiger partial charge in [-0.15, -0.1) is 11.3 Å². The van der Waals surface area contributed by atoms with Crippen LogP contribution in [0.4, 0.5) is 0 Å². The molecule has 1 N–H and O–H groups in total. The summed E-state index contributed by atoms with van der Waals surface area (Å²) in [6.07, 6.45) is 2.20. The van der Waals surface area contributed by atoms with Crippen LogP contribution in [0.2, 0.25) is 0 Å². The summed E-state index contributed by atoms with van der Waals surface area (Å²) in [5.74, 6) is 0. The molecule has 2 nitrogen and oxygen atoms in total. The minimum Gasteiger partial charge on any atom is -0.315 e. The van der Waals surface area contributed by atoms with E-state index >= 15 is 0 Å². The molecule has 1 aromatic heterocycles. The first-order valence-electron chi connectivity index (χ1n) is 6.02. The molecule has 0 aliphatic heterocycles. The summed E-state index contributed by atoms with van der Waals surface area (Å²) < 4.78 is 1.24. The first-order chi connectivity index (χ1) is 7.95. The minimum atomic E-state index is 0.179. The lowest BCUT2D eigenvalue weighted by molar-refractivity contribution is 0.117. The van der Waals surface area contributed by atoms with E-state index < -0.39 is 0 Å². The standard InChI is InChI=1S/C13H23BrN2S/c1-6-13(2,16(4)5)12(15-3)9-11-10(14)7-8-17-11/h7-8,12,15H,6,9H2,1-5H3. The normalized spacial score (nSPS) is 17.1. The van der Waals surface area contributed by atoms with Crippen LogP contribution in [0.1, 0.15) is 25.1 Å². The fourth-order valence-corrected chi connectivity index (χ4v) is 3.72. The number of thiophene rings is 1. The lowest BCUT2D eigenvalue weighted by atomic mass is 9.85. The van der Waals surface area contributed by atoms with Crippen LogP contribution in [0.5, 0.6) is 0 Å². The van der Waals surface area contributed by atoms with Gasteiger partial charge in [-0.25, -0.2) is 0 Å². The largest absolute Gasteiger partial charge is 0.315 e. The zero-order valence-electron chi connectivity index (χ0n) is 11.4. The Morgan fingerprint density at radius 1 is 1.53 bits per heavy atom. The van der Waals surface area contributed by atoms with Gasteiger partial charge in [0.1, 0.15) is 0 Å². The van der Waals surface area contributed by atoms with Gasteiger partial charge in [0, 0.05) is 20.9 Å². The Kier molecular flexibility index (Phi) is 5.64. The van der Waals surface area contributed by atoms with E-state index in [-0.39, 0.29) is 5.54 Å². The van der Waals surface area contributed by atoms with E-state index in [9.17, 15) is 0 Å². The minimum absolute atomic E-state index is 0.179. The van der Waals surface area contributed by atoms with Gasteiger partial charge in [-0.2, -0.15) is 0 Å². The topological polar surface area (TPSA) is 15.3 Å². The molecule has 0 bridgehead atoms. The molecule has 2 atom stereocenters. The molecule has 0 fully saturated rings. The molecule has 17 heavy (non-hydrogen) atoms. The Morgan fingerprint density at radius 3 is 2.53 bits per heavy atom. The number of halogens is 1. The highest BCUT2D eigenvalue weighted by Crippen LogP contribution is 2.29. The van der Waals surface area contributed by atoms with Crippen LogP contribution in [0.3, 0.4) is 0 Å². The Hall–Kier alpha value is 0.1000. The average Bonchev–Trinajstić information content (AvgIpc) is 2.70. The summed E-state index contributed by atoms with van der Waals surface area (Å²) in [6.45, 7) is 4.59. The fraction of sp³-hybridized carbons (Fsp3) is 0.692. The van der Waals surface area contributed by atoms with Crippen LogP contribution in [0.15, 0.2) is 15.9 Å². The Labute approximate surface area is 118 Å². The number of nitrogens with zero attached hydrogens (tertiary/aromatic N) is 1. The monoisotopic (exact) mass is 318 g/mol. The average molecular weight is 319 g/mol. The Bertz CT molecular complexity index is 351. The van der Waals surface area contributed by atoms with Gasteiger partial charge in [0.2, 0.25) is 0 Å². The van der Waals surface area contributed by atoms with Gasteiger partial charge in [0.05, 0.1) is 0 Å². The maximum Gasteiger partial charge on any atom is 0.0329 e. The predicted octanol–water partition coefficient (Wildman–Crippen LogP) is 3.37. The molecule has 0 amide bonds. The van der Waals surface area contributed by atoms with Crippen molar-refractivity contribution >= 4 is 27.3 Å². The first-order valence-corrected chi connectivity index (χ1v) is 7.69. The van der Waals surface area contributed by atoms with Crippen molar-refractivity contribution < 1.29 is 0 Å². The Morgan fingerprint density at radius 2 is 2.18 bits per heavy atom. The molecule has 1 heterocycles. The maximum atomic E-state index is 3.62. The summed E-state index contributed by atoms with van der Waals surface area (Å²) in [4.78, 5) is 3.75. The van der Waals surface area contributed by atoms with E-state index in [4.69, 9.17) is 0 Å². The van der Waals surface area contributed by atoms with Gasteiger partial charge in [-0.05, 0) is 68.3 Å². The second-order valence-electron chi connectivity index (χ2n) is 4.84. The van der Waals surface area contributed by atoms with Gasteiger partial charge in [-0.1, -0.05) is 6.92 Å².